The van der Waals surface area contributed by atoms with Gasteiger partial charge in [0.25, 0.3) is 0 Å². The maximum atomic E-state index is 12.1. The van der Waals surface area contributed by atoms with E-state index >= 15 is 0 Å². The molecule has 0 radical (unpaired) electrons. The fourth-order valence-electron chi connectivity index (χ4n) is 4.69. The molecule has 2 atom stereocenters. The van der Waals surface area contributed by atoms with Crippen molar-refractivity contribution in [1.29, 1.82) is 0 Å². The number of allylic oxidation sites excluding steroid dienone is 2. The van der Waals surface area contributed by atoms with Gasteiger partial charge in [0.2, 0.25) is 0 Å². The van der Waals surface area contributed by atoms with E-state index in [1.54, 1.807) is 0 Å². The van der Waals surface area contributed by atoms with E-state index in [4.69, 9.17) is 0 Å². The molecule has 0 spiro atoms. The summed E-state index contributed by atoms with van der Waals surface area (Å²) in [6.07, 6.45) is 10.4. The zero-order valence-electron chi connectivity index (χ0n) is 16.1. The van der Waals surface area contributed by atoms with E-state index in [1.165, 1.54) is 19.3 Å². The van der Waals surface area contributed by atoms with Crippen LogP contribution >= 0.6 is 0 Å². The van der Waals surface area contributed by atoms with Crippen molar-refractivity contribution in [3.05, 3.63) is 95.6 Å². The molecule has 1 saturated heterocycles. The average molecular weight is 360 g/mol. The van der Waals surface area contributed by atoms with Crippen molar-refractivity contribution in [1.82, 2.24) is 4.90 Å². The van der Waals surface area contributed by atoms with Crippen LogP contribution in [-0.4, -0.2) is 29.1 Å². The van der Waals surface area contributed by atoms with Gasteiger partial charge in [-0.2, -0.15) is 0 Å². The highest BCUT2D eigenvalue weighted by Crippen LogP contribution is 2.44. The highest BCUT2D eigenvalue weighted by atomic mass is 16.3. The van der Waals surface area contributed by atoms with Crippen molar-refractivity contribution in [2.24, 2.45) is 5.92 Å². The van der Waals surface area contributed by atoms with Crippen LogP contribution in [0.2, 0.25) is 0 Å². The Morgan fingerprint density at radius 3 is 2.00 bits per heavy atom. The number of hydrogen-bond acceptors (Lipinski definition) is 2. The molecule has 1 aliphatic carbocycles. The van der Waals surface area contributed by atoms with Crippen LogP contribution in [0.1, 0.15) is 37.3 Å². The third-order valence-electron chi connectivity index (χ3n) is 6.24. The van der Waals surface area contributed by atoms with Gasteiger partial charge in [-0.25, -0.2) is 0 Å². The molecular formula is C25H29NO. The van der Waals surface area contributed by atoms with E-state index in [0.717, 1.165) is 29.8 Å². The summed E-state index contributed by atoms with van der Waals surface area (Å²) in [5.74, 6) is 0.216. The number of rotatable bonds is 5. The van der Waals surface area contributed by atoms with Gasteiger partial charge in [0.15, 0.2) is 0 Å². The predicted octanol–water partition coefficient (Wildman–Crippen LogP) is 4.91. The van der Waals surface area contributed by atoms with Gasteiger partial charge >= 0.3 is 0 Å². The molecule has 0 saturated carbocycles. The number of aliphatic hydroxyl groups is 1. The van der Waals surface area contributed by atoms with Gasteiger partial charge < -0.3 is 5.11 Å². The molecule has 2 aromatic carbocycles. The van der Waals surface area contributed by atoms with Crippen molar-refractivity contribution < 1.29 is 5.11 Å². The molecule has 0 aromatic heterocycles. The Hall–Kier alpha value is -2.16. The summed E-state index contributed by atoms with van der Waals surface area (Å²) < 4.78 is 0. The van der Waals surface area contributed by atoms with E-state index < -0.39 is 5.60 Å². The summed E-state index contributed by atoms with van der Waals surface area (Å²) in [5.41, 5.74) is 1.84. The monoisotopic (exact) mass is 359 g/mol. The van der Waals surface area contributed by atoms with Crippen LogP contribution in [-0.2, 0) is 5.60 Å². The van der Waals surface area contributed by atoms with Gasteiger partial charge in [0, 0.05) is 12.0 Å². The van der Waals surface area contributed by atoms with Crippen molar-refractivity contribution >= 4 is 0 Å². The Balaban J connectivity index is 1.74. The minimum atomic E-state index is -1.11. The predicted molar refractivity (Wildman–Crippen MR) is 111 cm³/mol. The Labute approximate surface area is 162 Å². The Morgan fingerprint density at radius 1 is 0.889 bits per heavy atom. The van der Waals surface area contributed by atoms with Crippen LogP contribution < -0.4 is 0 Å². The van der Waals surface area contributed by atoms with E-state index in [0.29, 0.717) is 6.04 Å². The number of piperidine rings is 1. The standard InChI is InChI=1S/C25H29NO/c1-20(26-18-9-4-10-19-26)23-16-11-17-24(23)25(27,21-12-5-2-6-13-21)22-14-7-3-8-15-22/h2-3,5-8,11-17,20,23,27H,4,9-10,18-19H2,1H3/t20-,23?/m1/s1. The van der Waals surface area contributed by atoms with Crippen LogP contribution in [0.5, 0.6) is 0 Å². The minimum absolute atomic E-state index is 0.216. The quantitative estimate of drug-likeness (QED) is 0.820. The van der Waals surface area contributed by atoms with Gasteiger partial charge in [-0.3, -0.25) is 4.90 Å². The molecule has 2 aliphatic rings. The van der Waals surface area contributed by atoms with Crippen molar-refractivity contribution in [2.75, 3.05) is 13.1 Å². The van der Waals surface area contributed by atoms with Crippen LogP contribution in [0.15, 0.2) is 84.5 Å². The van der Waals surface area contributed by atoms with Crippen molar-refractivity contribution in [3.63, 3.8) is 0 Å². The van der Waals surface area contributed by atoms with E-state index in [1.807, 2.05) is 60.7 Å². The molecule has 0 amide bonds. The molecule has 140 valence electrons. The number of hydrogen-bond donors (Lipinski definition) is 1. The first-order valence-electron chi connectivity index (χ1n) is 10.2. The highest BCUT2D eigenvalue weighted by Gasteiger charge is 2.42. The molecule has 4 rings (SSSR count). The lowest BCUT2D eigenvalue weighted by atomic mass is 9.74. The third-order valence-corrected chi connectivity index (χ3v) is 6.24. The van der Waals surface area contributed by atoms with Crippen LogP contribution in [0.25, 0.3) is 0 Å². The van der Waals surface area contributed by atoms with E-state index in [9.17, 15) is 5.11 Å². The van der Waals surface area contributed by atoms with E-state index in [2.05, 4.69) is 30.1 Å². The molecule has 0 bridgehead atoms. The van der Waals surface area contributed by atoms with Crippen LogP contribution in [0.3, 0.4) is 0 Å². The molecule has 2 heteroatoms. The van der Waals surface area contributed by atoms with Gasteiger partial charge in [0.1, 0.15) is 5.60 Å². The molecule has 1 N–H and O–H groups in total. The van der Waals surface area contributed by atoms with E-state index in [-0.39, 0.29) is 5.92 Å². The summed E-state index contributed by atoms with van der Waals surface area (Å²) in [6.45, 7) is 4.64. The molecule has 1 unspecified atom stereocenters. The SMILES string of the molecule is C[C@H](C1C=CC=C1C(O)(c1ccccc1)c1ccccc1)N1CCCCC1. The second-order valence-corrected chi connectivity index (χ2v) is 7.81. The van der Waals surface area contributed by atoms with Crippen molar-refractivity contribution in [3.8, 4) is 0 Å². The van der Waals surface area contributed by atoms with Gasteiger partial charge in [0.05, 0.1) is 0 Å². The first kappa shape index (κ1) is 18.2. The summed E-state index contributed by atoms with van der Waals surface area (Å²) in [4.78, 5) is 2.59. The van der Waals surface area contributed by atoms with Crippen LogP contribution in [0.4, 0.5) is 0 Å². The first-order valence-corrected chi connectivity index (χ1v) is 10.2. The van der Waals surface area contributed by atoms with Crippen molar-refractivity contribution in [2.45, 2.75) is 37.8 Å². The lowest BCUT2D eigenvalue weighted by molar-refractivity contribution is 0.0920. The second-order valence-electron chi connectivity index (χ2n) is 7.81. The number of benzene rings is 2. The Kier molecular flexibility index (Phi) is 5.29. The fourth-order valence-corrected chi connectivity index (χ4v) is 4.69. The van der Waals surface area contributed by atoms with Gasteiger partial charge in [-0.05, 0) is 49.6 Å². The zero-order chi connectivity index (χ0) is 18.7. The van der Waals surface area contributed by atoms with Gasteiger partial charge in [-0.1, -0.05) is 85.3 Å². The molecule has 2 nitrogen and oxygen atoms in total. The highest BCUT2D eigenvalue weighted by molar-refractivity contribution is 5.50. The third kappa shape index (κ3) is 3.40. The smallest absolute Gasteiger partial charge is 0.137 e. The fraction of sp³-hybridized carbons (Fsp3) is 0.360. The molecule has 1 aliphatic heterocycles. The Morgan fingerprint density at radius 2 is 1.44 bits per heavy atom. The average Bonchev–Trinajstić information content (AvgIpc) is 3.25. The molecule has 1 heterocycles. The maximum absolute atomic E-state index is 12.1. The lowest BCUT2D eigenvalue weighted by Gasteiger charge is -2.41. The molecule has 2 aromatic rings. The maximum Gasteiger partial charge on any atom is 0.137 e. The largest absolute Gasteiger partial charge is 0.376 e. The number of nitrogens with zero attached hydrogens (tertiary/aromatic N) is 1. The van der Waals surface area contributed by atoms with Gasteiger partial charge in [-0.15, -0.1) is 0 Å². The summed E-state index contributed by atoms with van der Waals surface area (Å²) in [6, 6.07) is 20.6. The second kappa shape index (κ2) is 7.84. The first-order chi connectivity index (χ1) is 13.2. The summed E-state index contributed by atoms with van der Waals surface area (Å²) in [7, 11) is 0. The molecule has 27 heavy (non-hydrogen) atoms. The topological polar surface area (TPSA) is 23.5 Å². The number of likely N-dealkylation sites (tertiary alicyclic amines) is 1. The minimum Gasteiger partial charge on any atom is -0.376 e. The summed E-state index contributed by atoms with van der Waals surface area (Å²) >= 11 is 0. The zero-order valence-corrected chi connectivity index (χ0v) is 16.1. The summed E-state index contributed by atoms with van der Waals surface area (Å²) in [5, 5.41) is 12.1. The normalized spacial score (nSPS) is 21.9. The lowest BCUT2D eigenvalue weighted by Crippen LogP contribution is -2.44. The molecular weight excluding hydrogens is 330 g/mol. The molecule has 1 fully saturated rings. The Bertz CT molecular complexity index is 763. The van der Waals surface area contributed by atoms with Crippen LogP contribution in [0, 0.1) is 5.92 Å².